The molecule has 0 aliphatic rings. The molecule has 0 spiro atoms. The highest BCUT2D eigenvalue weighted by Gasteiger charge is 2.21. The number of rotatable bonds is 6. The van der Waals surface area contributed by atoms with Crippen molar-refractivity contribution >= 4 is 0 Å². The standard InChI is InChI=1S/C22H23F2N3O/c1-28-17-4-6-18(15(9-17)12-27)21-13(10-25)2-7-20(24)22(21)19-5-3-16(23)8-14(19)11-26/h2-9H,10-12,25-27H2,1H3. The lowest BCUT2D eigenvalue weighted by Gasteiger charge is -2.20. The monoisotopic (exact) mass is 383 g/mol. The summed E-state index contributed by atoms with van der Waals surface area (Å²) in [6.07, 6.45) is 0. The highest BCUT2D eigenvalue weighted by molar-refractivity contribution is 5.89. The fourth-order valence-corrected chi connectivity index (χ4v) is 3.45. The molecule has 0 fully saturated rings. The summed E-state index contributed by atoms with van der Waals surface area (Å²) in [6, 6.07) is 12.6. The quantitative estimate of drug-likeness (QED) is 0.606. The van der Waals surface area contributed by atoms with E-state index in [2.05, 4.69) is 0 Å². The minimum Gasteiger partial charge on any atom is -0.497 e. The zero-order valence-electron chi connectivity index (χ0n) is 15.6. The molecule has 0 atom stereocenters. The molecule has 0 bridgehead atoms. The van der Waals surface area contributed by atoms with Gasteiger partial charge in [-0.25, -0.2) is 8.78 Å². The van der Waals surface area contributed by atoms with Crippen LogP contribution in [0, 0.1) is 11.6 Å². The summed E-state index contributed by atoms with van der Waals surface area (Å²) >= 11 is 0. The molecule has 0 saturated carbocycles. The molecule has 0 aliphatic heterocycles. The average Bonchev–Trinajstić information content (AvgIpc) is 2.73. The first-order valence-corrected chi connectivity index (χ1v) is 8.91. The van der Waals surface area contributed by atoms with E-state index >= 15 is 4.39 Å². The molecule has 6 N–H and O–H groups in total. The van der Waals surface area contributed by atoms with Gasteiger partial charge in [0.2, 0.25) is 0 Å². The molecule has 3 aromatic rings. The minimum atomic E-state index is -0.438. The maximum Gasteiger partial charge on any atom is 0.131 e. The van der Waals surface area contributed by atoms with Crippen LogP contribution in [0.25, 0.3) is 22.3 Å². The van der Waals surface area contributed by atoms with Gasteiger partial charge in [-0.3, -0.25) is 0 Å². The lowest BCUT2D eigenvalue weighted by atomic mass is 9.86. The van der Waals surface area contributed by atoms with Crippen molar-refractivity contribution in [2.45, 2.75) is 19.6 Å². The molecule has 0 saturated heterocycles. The van der Waals surface area contributed by atoms with Crippen LogP contribution in [0.4, 0.5) is 8.78 Å². The van der Waals surface area contributed by atoms with Gasteiger partial charge in [-0.1, -0.05) is 18.2 Å². The van der Waals surface area contributed by atoms with Gasteiger partial charge in [-0.05, 0) is 63.7 Å². The van der Waals surface area contributed by atoms with E-state index in [0.29, 0.717) is 28.0 Å². The van der Waals surface area contributed by atoms with Crippen molar-refractivity contribution in [2.75, 3.05) is 7.11 Å². The summed E-state index contributed by atoms with van der Waals surface area (Å²) in [5.41, 5.74) is 22.0. The van der Waals surface area contributed by atoms with Gasteiger partial charge in [0.15, 0.2) is 0 Å². The van der Waals surface area contributed by atoms with Crippen LogP contribution in [0.2, 0.25) is 0 Å². The SMILES string of the molecule is COc1ccc(-c2c(CN)ccc(F)c2-c2ccc(F)cc2CN)c(CN)c1. The first kappa shape index (κ1) is 19.9. The Balaban J connectivity index is 2.39. The van der Waals surface area contributed by atoms with Crippen molar-refractivity contribution in [3.05, 3.63) is 76.9 Å². The second kappa shape index (κ2) is 8.48. The largest absolute Gasteiger partial charge is 0.497 e. The molecule has 0 heterocycles. The molecule has 4 nitrogen and oxygen atoms in total. The van der Waals surface area contributed by atoms with E-state index in [1.165, 1.54) is 18.2 Å². The number of hydrogen-bond acceptors (Lipinski definition) is 4. The number of ether oxygens (including phenoxy) is 1. The summed E-state index contributed by atoms with van der Waals surface area (Å²) in [5, 5.41) is 0. The molecular weight excluding hydrogens is 360 g/mol. The fourth-order valence-electron chi connectivity index (χ4n) is 3.45. The molecule has 146 valence electrons. The Kier molecular flexibility index (Phi) is 6.04. The van der Waals surface area contributed by atoms with E-state index in [4.69, 9.17) is 21.9 Å². The van der Waals surface area contributed by atoms with E-state index in [1.54, 1.807) is 25.3 Å². The second-order valence-electron chi connectivity index (χ2n) is 6.39. The predicted octanol–water partition coefficient (Wildman–Crippen LogP) is 3.68. The third-order valence-electron chi connectivity index (χ3n) is 4.82. The Morgan fingerprint density at radius 3 is 1.96 bits per heavy atom. The van der Waals surface area contributed by atoms with E-state index in [1.807, 2.05) is 12.1 Å². The minimum absolute atomic E-state index is 0.0746. The Labute approximate surface area is 162 Å². The Bertz CT molecular complexity index is 1010. The van der Waals surface area contributed by atoms with Gasteiger partial charge in [0.1, 0.15) is 17.4 Å². The van der Waals surface area contributed by atoms with Crippen molar-refractivity contribution in [3.8, 4) is 28.0 Å². The van der Waals surface area contributed by atoms with Crippen LogP contribution in [0.5, 0.6) is 5.75 Å². The summed E-state index contributed by atoms with van der Waals surface area (Å²) in [5.74, 6) is -0.207. The van der Waals surface area contributed by atoms with Crippen molar-refractivity contribution in [1.29, 1.82) is 0 Å². The van der Waals surface area contributed by atoms with E-state index < -0.39 is 11.6 Å². The Morgan fingerprint density at radius 1 is 0.714 bits per heavy atom. The zero-order chi connectivity index (χ0) is 20.3. The van der Waals surface area contributed by atoms with E-state index in [0.717, 1.165) is 16.7 Å². The zero-order valence-corrected chi connectivity index (χ0v) is 15.6. The highest BCUT2D eigenvalue weighted by Crippen LogP contribution is 2.40. The van der Waals surface area contributed by atoms with Crippen LogP contribution >= 0.6 is 0 Å². The highest BCUT2D eigenvalue weighted by atomic mass is 19.1. The molecule has 0 aliphatic carbocycles. The van der Waals surface area contributed by atoms with E-state index in [-0.39, 0.29) is 19.6 Å². The maximum absolute atomic E-state index is 15.1. The van der Waals surface area contributed by atoms with Gasteiger partial charge in [0, 0.05) is 25.2 Å². The van der Waals surface area contributed by atoms with Crippen molar-refractivity contribution < 1.29 is 13.5 Å². The lowest BCUT2D eigenvalue weighted by Crippen LogP contribution is -2.07. The van der Waals surface area contributed by atoms with Gasteiger partial charge in [-0.2, -0.15) is 0 Å². The number of halogens is 2. The summed E-state index contributed by atoms with van der Waals surface area (Å²) in [7, 11) is 1.57. The maximum atomic E-state index is 15.1. The first-order valence-electron chi connectivity index (χ1n) is 8.91. The molecule has 0 unspecified atom stereocenters. The summed E-state index contributed by atoms with van der Waals surface area (Å²) in [4.78, 5) is 0. The smallest absolute Gasteiger partial charge is 0.131 e. The third kappa shape index (κ3) is 3.62. The van der Waals surface area contributed by atoms with Crippen molar-refractivity contribution in [1.82, 2.24) is 0 Å². The van der Waals surface area contributed by atoms with Crippen molar-refractivity contribution in [2.24, 2.45) is 17.2 Å². The topological polar surface area (TPSA) is 87.3 Å². The average molecular weight is 383 g/mol. The number of hydrogen-bond donors (Lipinski definition) is 3. The molecule has 0 aromatic heterocycles. The number of nitrogens with two attached hydrogens (primary N) is 3. The lowest BCUT2D eigenvalue weighted by molar-refractivity contribution is 0.414. The third-order valence-corrected chi connectivity index (χ3v) is 4.82. The molecule has 3 rings (SSSR count). The van der Waals surface area contributed by atoms with E-state index in [9.17, 15) is 4.39 Å². The van der Waals surface area contributed by atoms with Crippen LogP contribution < -0.4 is 21.9 Å². The molecule has 0 amide bonds. The van der Waals surface area contributed by atoms with Crippen LogP contribution in [-0.2, 0) is 19.6 Å². The van der Waals surface area contributed by atoms with Crippen LogP contribution in [0.15, 0.2) is 48.5 Å². The van der Waals surface area contributed by atoms with Gasteiger partial charge in [0.25, 0.3) is 0 Å². The number of benzene rings is 3. The molecule has 28 heavy (non-hydrogen) atoms. The van der Waals surface area contributed by atoms with Gasteiger partial charge < -0.3 is 21.9 Å². The Hall–Kier alpha value is -2.80. The molecular formula is C22H23F2N3O. The first-order chi connectivity index (χ1) is 13.5. The van der Waals surface area contributed by atoms with Crippen LogP contribution in [0.3, 0.4) is 0 Å². The summed E-state index contributed by atoms with van der Waals surface area (Å²) < 4.78 is 34.1. The fraction of sp³-hybridized carbons (Fsp3) is 0.182. The van der Waals surface area contributed by atoms with Crippen molar-refractivity contribution in [3.63, 3.8) is 0 Å². The van der Waals surface area contributed by atoms with Gasteiger partial charge >= 0.3 is 0 Å². The molecule has 0 radical (unpaired) electrons. The Morgan fingerprint density at radius 2 is 1.32 bits per heavy atom. The normalized spacial score (nSPS) is 10.9. The molecule has 3 aromatic carbocycles. The van der Waals surface area contributed by atoms with Gasteiger partial charge in [0.05, 0.1) is 7.11 Å². The van der Waals surface area contributed by atoms with Crippen LogP contribution in [0.1, 0.15) is 16.7 Å². The van der Waals surface area contributed by atoms with Crippen LogP contribution in [-0.4, -0.2) is 7.11 Å². The second-order valence-corrected chi connectivity index (χ2v) is 6.39. The predicted molar refractivity (Wildman–Crippen MR) is 107 cm³/mol. The molecule has 6 heteroatoms. The number of methoxy groups -OCH3 is 1. The summed E-state index contributed by atoms with van der Waals surface area (Å²) in [6.45, 7) is 0.517. The van der Waals surface area contributed by atoms with Gasteiger partial charge in [-0.15, -0.1) is 0 Å².